The maximum atomic E-state index is 11.4. The van der Waals surface area contributed by atoms with E-state index in [-0.39, 0.29) is 11.5 Å². The van der Waals surface area contributed by atoms with Gasteiger partial charge in [-0.15, -0.1) is 0 Å². The van der Waals surface area contributed by atoms with Gasteiger partial charge in [-0.1, -0.05) is 0 Å². The van der Waals surface area contributed by atoms with E-state index in [4.69, 9.17) is 0 Å². The van der Waals surface area contributed by atoms with Gasteiger partial charge in [-0.3, -0.25) is 4.79 Å². The third-order valence-corrected chi connectivity index (χ3v) is 2.22. The van der Waals surface area contributed by atoms with Crippen molar-refractivity contribution in [1.29, 1.82) is 0 Å². The predicted octanol–water partition coefficient (Wildman–Crippen LogP) is 1.69. The summed E-state index contributed by atoms with van der Waals surface area (Å²) in [6, 6.07) is 1.66. The van der Waals surface area contributed by atoms with Crippen molar-refractivity contribution in [3.8, 4) is 0 Å². The quantitative estimate of drug-likeness (QED) is 0.547. The molecule has 0 saturated heterocycles. The van der Waals surface area contributed by atoms with Crippen molar-refractivity contribution in [1.82, 2.24) is 4.98 Å². The molecule has 4 nitrogen and oxygen atoms in total. The van der Waals surface area contributed by atoms with Gasteiger partial charge < -0.3 is 4.74 Å². The van der Waals surface area contributed by atoms with Gasteiger partial charge in [0, 0.05) is 5.69 Å². The van der Waals surface area contributed by atoms with E-state index in [1.54, 1.807) is 13.0 Å². The van der Waals surface area contributed by atoms with Crippen LogP contribution in [0.3, 0.4) is 0 Å². The van der Waals surface area contributed by atoms with Crippen molar-refractivity contribution in [3.63, 3.8) is 0 Å². The minimum Gasteiger partial charge on any atom is -0.464 e. The summed E-state index contributed by atoms with van der Waals surface area (Å²) in [4.78, 5) is 26.7. The molecule has 1 aromatic heterocycles. The average molecular weight is 207 g/mol. The highest BCUT2D eigenvalue weighted by molar-refractivity contribution is 6.04. The van der Waals surface area contributed by atoms with Crippen LogP contribution in [0.5, 0.6) is 0 Å². The van der Waals surface area contributed by atoms with E-state index in [9.17, 15) is 9.59 Å². The highest BCUT2D eigenvalue weighted by Gasteiger charge is 2.18. The van der Waals surface area contributed by atoms with Crippen molar-refractivity contribution in [2.45, 2.75) is 20.8 Å². The molecule has 0 saturated carbocycles. The van der Waals surface area contributed by atoms with Crippen LogP contribution in [-0.4, -0.2) is 23.8 Å². The van der Waals surface area contributed by atoms with E-state index in [0.29, 0.717) is 5.56 Å². The molecule has 1 aromatic rings. The Kier molecular flexibility index (Phi) is 3.19. The van der Waals surface area contributed by atoms with Crippen LogP contribution in [0.25, 0.3) is 0 Å². The average Bonchev–Trinajstić information content (AvgIpc) is 2.20. The molecule has 0 aliphatic rings. The Morgan fingerprint density at radius 1 is 1.33 bits per heavy atom. The molecule has 0 N–H and O–H groups in total. The molecule has 0 aliphatic heterocycles. The van der Waals surface area contributed by atoms with Gasteiger partial charge in [-0.25, -0.2) is 9.78 Å². The first-order chi connectivity index (χ1) is 6.97. The number of esters is 1. The molecule has 0 unspecified atom stereocenters. The van der Waals surface area contributed by atoms with Crippen molar-refractivity contribution >= 4 is 11.8 Å². The number of hydrogen-bond acceptors (Lipinski definition) is 4. The number of hydrogen-bond donors (Lipinski definition) is 0. The lowest BCUT2D eigenvalue weighted by Gasteiger charge is -2.07. The van der Waals surface area contributed by atoms with Crippen LogP contribution in [0.1, 0.15) is 39.0 Å². The Labute approximate surface area is 88.3 Å². The highest BCUT2D eigenvalue weighted by atomic mass is 16.5. The smallest absolute Gasteiger partial charge is 0.357 e. The van der Waals surface area contributed by atoms with E-state index >= 15 is 0 Å². The Balaban J connectivity index is 3.41. The molecule has 1 heterocycles. The number of rotatable bonds is 2. The van der Waals surface area contributed by atoms with Crippen LogP contribution >= 0.6 is 0 Å². The summed E-state index contributed by atoms with van der Waals surface area (Å²) in [5, 5.41) is 0. The molecule has 0 aliphatic carbocycles. The van der Waals surface area contributed by atoms with Crippen LogP contribution in [0.2, 0.25) is 0 Å². The summed E-state index contributed by atoms with van der Waals surface area (Å²) in [5.41, 5.74) is 2.01. The van der Waals surface area contributed by atoms with E-state index in [1.165, 1.54) is 14.0 Å². The topological polar surface area (TPSA) is 56.3 Å². The lowest BCUT2D eigenvalue weighted by Crippen LogP contribution is -2.13. The third kappa shape index (κ3) is 2.21. The highest BCUT2D eigenvalue weighted by Crippen LogP contribution is 2.13. The Hall–Kier alpha value is -1.71. The zero-order valence-corrected chi connectivity index (χ0v) is 9.25. The standard InChI is InChI=1S/C11H13NO3/c1-6-5-9(8(3)13)10(11(14)15-4)12-7(6)2/h5H,1-4H3. The van der Waals surface area contributed by atoms with Crippen LogP contribution in [0.15, 0.2) is 6.07 Å². The summed E-state index contributed by atoms with van der Waals surface area (Å²) in [5.74, 6) is -0.769. The second-order valence-corrected chi connectivity index (χ2v) is 3.33. The number of pyridine rings is 1. The molecular formula is C11H13NO3. The maximum Gasteiger partial charge on any atom is 0.357 e. The number of methoxy groups -OCH3 is 1. The van der Waals surface area contributed by atoms with Crippen LogP contribution in [0, 0.1) is 13.8 Å². The van der Waals surface area contributed by atoms with Gasteiger partial charge in [-0.05, 0) is 32.4 Å². The number of aromatic nitrogens is 1. The molecule has 0 aromatic carbocycles. The second-order valence-electron chi connectivity index (χ2n) is 3.33. The fraction of sp³-hybridized carbons (Fsp3) is 0.364. The van der Waals surface area contributed by atoms with E-state index in [2.05, 4.69) is 9.72 Å². The second kappa shape index (κ2) is 4.21. The van der Waals surface area contributed by atoms with E-state index < -0.39 is 5.97 Å². The van der Waals surface area contributed by atoms with Gasteiger partial charge in [0.15, 0.2) is 11.5 Å². The van der Waals surface area contributed by atoms with Crippen LogP contribution < -0.4 is 0 Å². The number of Topliss-reactive ketones (excluding diaryl/α,β-unsaturated/α-hetero) is 1. The van der Waals surface area contributed by atoms with Gasteiger partial charge in [0.25, 0.3) is 0 Å². The fourth-order valence-corrected chi connectivity index (χ4v) is 1.23. The molecule has 80 valence electrons. The van der Waals surface area contributed by atoms with Crippen molar-refractivity contribution in [2.75, 3.05) is 7.11 Å². The normalized spacial score (nSPS) is 9.87. The van der Waals surface area contributed by atoms with Crippen molar-refractivity contribution < 1.29 is 14.3 Å². The third-order valence-electron chi connectivity index (χ3n) is 2.22. The van der Waals surface area contributed by atoms with Crippen LogP contribution in [0.4, 0.5) is 0 Å². The zero-order valence-electron chi connectivity index (χ0n) is 9.25. The van der Waals surface area contributed by atoms with Crippen molar-refractivity contribution in [3.05, 3.63) is 28.6 Å². The van der Waals surface area contributed by atoms with Crippen molar-refractivity contribution in [2.24, 2.45) is 0 Å². The summed E-state index contributed by atoms with van der Waals surface area (Å²) < 4.78 is 4.57. The van der Waals surface area contributed by atoms with E-state index in [1.807, 2.05) is 6.92 Å². The number of carbonyl (C=O) groups is 2. The lowest BCUT2D eigenvalue weighted by molar-refractivity contribution is 0.0590. The van der Waals surface area contributed by atoms with Gasteiger partial charge in [0.05, 0.1) is 12.7 Å². The number of aryl methyl sites for hydroxylation is 2. The molecule has 0 amide bonds. The van der Waals surface area contributed by atoms with Gasteiger partial charge in [0.1, 0.15) is 0 Å². The molecular weight excluding hydrogens is 194 g/mol. The molecule has 1 rings (SSSR count). The molecule has 4 heteroatoms. The monoisotopic (exact) mass is 207 g/mol. The fourth-order valence-electron chi connectivity index (χ4n) is 1.23. The zero-order chi connectivity index (χ0) is 11.6. The van der Waals surface area contributed by atoms with Gasteiger partial charge in [-0.2, -0.15) is 0 Å². The minimum atomic E-state index is -0.580. The molecule has 0 radical (unpaired) electrons. The van der Waals surface area contributed by atoms with Crippen LogP contribution in [-0.2, 0) is 4.74 Å². The summed E-state index contributed by atoms with van der Waals surface area (Å²) in [7, 11) is 1.27. The Morgan fingerprint density at radius 2 is 1.93 bits per heavy atom. The first-order valence-corrected chi connectivity index (χ1v) is 4.55. The number of ketones is 1. The SMILES string of the molecule is COC(=O)c1nc(C)c(C)cc1C(C)=O. The molecule has 0 atom stereocenters. The molecule has 15 heavy (non-hydrogen) atoms. The first-order valence-electron chi connectivity index (χ1n) is 4.55. The number of ether oxygens (including phenoxy) is 1. The lowest BCUT2D eigenvalue weighted by atomic mass is 10.1. The predicted molar refractivity (Wildman–Crippen MR) is 55.1 cm³/mol. The Bertz CT molecular complexity index is 424. The number of carbonyl (C=O) groups excluding carboxylic acids is 2. The van der Waals surface area contributed by atoms with Gasteiger partial charge in [0.2, 0.25) is 0 Å². The summed E-state index contributed by atoms with van der Waals surface area (Å²) in [6.45, 7) is 5.03. The van der Waals surface area contributed by atoms with Gasteiger partial charge >= 0.3 is 5.97 Å². The first kappa shape index (κ1) is 11.4. The number of nitrogens with zero attached hydrogens (tertiary/aromatic N) is 1. The summed E-state index contributed by atoms with van der Waals surface area (Å²) in [6.07, 6.45) is 0. The molecule has 0 bridgehead atoms. The summed E-state index contributed by atoms with van der Waals surface area (Å²) >= 11 is 0. The maximum absolute atomic E-state index is 11.4. The minimum absolute atomic E-state index is 0.0908. The molecule has 0 fully saturated rings. The molecule has 0 spiro atoms. The van der Waals surface area contributed by atoms with E-state index in [0.717, 1.165) is 11.3 Å². The largest absolute Gasteiger partial charge is 0.464 e. The Morgan fingerprint density at radius 3 is 2.40 bits per heavy atom.